The number of thioether (sulfide) groups is 1. The van der Waals surface area contributed by atoms with E-state index in [-0.39, 0.29) is 5.75 Å². The Balaban J connectivity index is 2.36. The predicted molar refractivity (Wildman–Crippen MR) is 88.2 cm³/mol. The van der Waals surface area contributed by atoms with Crippen LogP contribution in [0.4, 0.5) is 0 Å². The zero-order valence-electron chi connectivity index (χ0n) is 12.3. The van der Waals surface area contributed by atoms with Gasteiger partial charge in [0.15, 0.2) is 0 Å². The van der Waals surface area contributed by atoms with Crippen LogP contribution < -0.4 is 5.32 Å². The second-order valence-electron chi connectivity index (χ2n) is 4.76. The molecule has 0 aliphatic carbocycles. The van der Waals surface area contributed by atoms with Gasteiger partial charge in [-0.15, -0.1) is 11.8 Å². The maximum Gasteiger partial charge on any atom is 0.150 e. The number of hydrogen-bond donors (Lipinski definition) is 1. The first kappa shape index (κ1) is 17.5. The van der Waals surface area contributed by atoms with Gasteiger partial charge in [-0.2, -0.15) is 0 Å². The Hall–Kier alpha value is -0.520. The highest BCUT2D eigenvalue weighted by molar-refractivity contribution is 7.99. The van der Waals surface area contributed by atoms with Crippen molar-refractivity contribution >= 4 is 21.6 Å². The maximum atomic E-state index is 11.5. The fourth-order valence-corrected chi connectivity index (χ4v) is 3.86. The topological polar surface area (TPSA) is 46.2 Å². The Bertz CT molecular complexity index is 460. The lowest BCUT2D eigenvalue weighted by Crippen LogP contribution is -2.31. The van der Waals surface area contributed by atoms with Crippen LogP contribution in [0.15, 0.2) is 35.2 Å². The smallest absolute Gasteiger partial charge is 0.150 e. The molecule has 114 valence electrons. The molecule has 0 saturated carbocycles. The molecule has 5 heteroatoms. The fraction of sp³-hybridized carbons (Fsp3) is 0.600. The Morgan fingerprint density at radius 2 is 1.90 bits per heavy atom. The summed E-state index contributed by atoms with van der Waals surface area (Å²) in [4.78, 5) is 1.26. The van der Waals surface area contributed by atoms with Crippen molar-refractivity contribution in [2.45, 2.75) is 37.6 Å². The molecule has 0 fully saturated rings. The molecular formula is C15H25NO2S2. The third kappa shape index (κ3) is 7.31. The van der Waals surface area contributed by atoms with E-state index in [9.17, 15) is 8.42 Å². The van der Waals surface area contributed by atoms with E-state index in [1.807, 2.05) is 30.0 Å². The zero-order chi connectivity index (χ0) is 14.8. The van der Waals surface area contributed by atoms with Crippen molar-refractivity contribution in [3.05, 3.63) is 30.3 Å². The van der Waals surface area contributed by atoms with E-state index in [2.05, 4.69) is 24.4 Å². The molecule has 0 radical (unpaired) electrons. The van der Waals surface area contributed by atoms with Crippen LogP contribution >= 0.6 is 11.8 Å². The van der Waals surface area contributed by atoms with Gasteiger partial charge < -0.3 is 5.32 Å². The molecule has 1 rings (SSSR count). The molecule has 0 aliphatic rings. The van der Waals surface area contributed by atoms with E-state index in [4.69, 9.17) is 0 Å². The largest absolute Gasteiger partial charge is 0.313 e. The summed E-state index contributed by atoms with van der Waals surface area (Å²) in [5.74, 6) is 1.53. The molecule has 0 bridgehead atoms. The summed E-state index contributed by atoms with van der Waals surface area (Å²) >= 11 is 1.82. The summed E-state index contributed by atoms with van der Waals surface area (Å²) in [6.45, 7) is 4.71. The molecule has 1 N–H and O–H groups in total. The summed E-state index contributed by atoms with van der Waals surface area (Å²) in [6.07, 6.45) is 1.65. The van der Waals surface area contributed by atoms with Crippen molar-refractivity contribution < 1.29 is 8.42 Å². The number of sulfone groups is 1. The van der Waals surface area contributed by atoms with Crippen molar-refractivity contribution in [1.82, 2.24) is 5.32 Å². The minimum absolute atomic E-state index is 0.248. The van der Waals surface area contributed by atoms with Gasteiger partial charge in [0.05, 0.1) is 5.75 Å². The van der Waals surface area contributed by atoms with Crippen LogP contribution in [0, 0.1) is 0 Å². The van der Waals surface area contributed by atoms with Gasteiger partial charge in [-0.05, 0) is 31.5 Å². The second kappa shape index (κ2) is 9.42. The monoisotopic (exact) mass is 315 g/mol. The third-order valence-corrected chi connectivity index (χ3v) is 6.10. The van der Waals surface area contributed by atoms with Crippen molar-refractivity contribution in [2.24, 2.45) is 0 Å². The summed E-state index contributed by atoms with van der Waals surface area (Å²) in [5.41, 5.74) is 0. The van der Waals surface area contributed by atoms with Crippen LogP contribution in [-0.2, 0) is 9.84 Å². The van der Waals surface area contributed by atoms with E-state index >= 15 is 0 Å². The lowest BCUT2D eigenvalue weighted by Gasteiger charge is -2.17. The molecule has 0 amide bonds. The van der Waals surface area contributed by atoms with Crippen molar-refractivity contribution in [1.29, 1.82) is 0 Å². The highest BCUT2D eigenvalue weighted by atomic mass is 32.2. The third-order valence-electron chi connectivity index (χ3n) is 3.13. The first-order valence-corrected chi connectivity index (χ1v) is 9.99. The van der Waals surface area contributed by atoms with Crippen LogP contribution in [0.2, 0.25) is 0 Å². The van der Waals surface area contributed by atoms with Gasteiger partial charge in [-0.3, -0.25) is 0 Å². The molecule has 0 saturated heterocycles. The van der Waals surface area contributed by atoms with Crippen LogP contribution in [0.5, 0.6) is 0 Å². The van der Waals surface area contributed by atoms with Gasteiger partial charge in [-0.1, -0.05) is 32.0 Å². The van der Waals surface area contributed by atoms with Crippen molar-refractivity contribution in [2.75, 3.05) is 23.8 Å². The van der Waals surface area contributed by atoms with E-state index in [0.29, 0.717) is 11.8 Å². The maximum absolute atomic E-state index is 11.5. The van der Waals surface area contributed by atoms with Gasteiger partial charge in [-0.25, -0.2) is 8.42 Å². The van der Waals surface area contributed by atoms with Crippen LogP contribution in [0.1, 0.15) is 26.7 Å². The average Bonchev–Trinajstić information content (AvgIpc) is 2.46. The minimum atomic E-state index is -2.83. The van der Waals surface area contributed by atoms with E-state index in [1.54, 1.807) is 6.92 Å². The van der Waals surface area contributed by atoms with Gasteiger partial charge >= 0.3 is 0 Å². The molecule has 1 atom stereocenters. The van der Waals surface area contributed by atoms with Crippen LogP contribution in [-0.4, -0.2) is 38.3 Å². The standard InChI is InChI=1S/C15H25NO2S2/c1-3-16-14(9-8-12-20(17,18)4-2)13-19-15-10-6-5-7-11-15/h5-7,10-11,14,16H,3-4,8-9,12-13H2,1-2H3. The second-order valence-corrected chi connectivity index (χ2v) is 8.32. The average molecular weight is 316 g/mol. The lowest BCUT2D eigenvalue weighted by molar-refractivity contribution is 0.527. The zero-order valence-corrected chi connectivity index (χ0v) is 14.0. The summed E-state index contributed by atoms with van der Waals surface area (Å²) in [6, 6.07) is 10.7. The first-order valence-electron chi connectivity index (χ1n) is 7.19. The Kier molecular flexibility index (Phi) is 8.26. The number of rotatable bonds is 10. The molecule has 1 aromatic carbocycles. The van der Waals surface area contributed by atoms with Gasteiger partial charge in [0.2, 0.25) is 0 Å². The van der Waals surface area contributed by atoms with E-state index < -0.39 is 9.84 Å². The number of nitrogens with one attached hydrogen (secondary N) is 1. The SMILES string of the molecule is CCNC(CCCS(=O)(=O)CC)CSc1ccccc1. The molecular weight excluding hydrogens is 290 g/mol. The Morgan fingerprint density at radius 3 is 2.50 bits per heavy atom. The molecule has 0 heterocycles. The van der Waals surface area contributed by atoms with Gasteiger partial charge in [0.25, 0.3) is 0 Å². The fourth-order valence-electron chi connectivity index (χ4n) is 1.94. The molecule has 20 heavy (non-hydrogen) atoms. The summed E-state index contributed by atoms with van der Waals surface area (Å²) < 4.78 is 23.0. The molecule has 0 aromatic heterocycles. The molecule has 1 unspecified atom stereocenters. The molecule has 0 aliphatic heterocycles. The van der Waals surface area contributed by atoms with E-state index in [0.717, 1.165) is 25.1 Å². The first-order chi connectivity index (χ1) is 9.57. The normalized spacial score (nSPS) is 13.3. The molecule has 0 spiro atoms. The summed E-state index contributed by atoms with van der Waals surface area (Å²) in [7, 11) is -2.83. The highest BCUT2D eigenvalue weighted by Crippen LogP contribution is 2.19. The van der Waals surface area contributed by atoms with Crippen LogP contribution in [0.25, 0.3) is 0 Å². The number of benzene rings is 1. The predicted octanol–water partition coefficient (Wildman–Crippen LogP) is 2.97. The van der Waals surface area contributed by atoms with Gasteiger partial charge in [0.1, 0.15) is 9.84 Å². The molecule has 1 aromatic rings. The van der Waals surface area contributed by atoms with E-state index in [1.165, 1.54) is 4.90 Å². The Labute approximate surface area is 127 Å². The van der Waals surface area contributed by atoms with Crippen molar-refractivity contribution in [3.63, 3.8) is 0 Å². The van der Waals surface area contributed by atoms with Gasteiger partial charge in [0, 0.05) is 22.4 Å². The highest BCUT2D eigenvalue weighted by Gasteiger charge is 2.11. The molecule has 3 nitrogen and oxygen atoms in total. The quantitative estimate of drug-likeness (QED) is 0.674. The summed E-state index contributed by atoms with van der Waals surface area (Å²) in [5, 5.41) is 3.44. The van der Waals surface area contributed by atoms with Crippen LogP contribution in [0.3, 0.4) is 0 Å². The lowest BCUT2D eigenvalue weighted by atomic mass is 10.2. The van der Waals surface area contributed by atoms with Crippen molar-refractivity contribution in [3.8, 4) is 0 Å². The minimum Gasteiger partial charge on any atom is -0.313 e. The number of hydrogen-bond acceptors (Lipinski definition) is 4. The Morgan fingerprint density at radius 1 is 1.20 bits per heavy atom.